The number of hydrogen-bond acceptors (Lipinski definition) is 15. The Kier molecular flexibility index (Phi) is 15.8. The number of carbonyl (C=O) groups excluding carboxylic acids is 5. The van der Waals surface area contributed by atoms with E-state index in [0.29, 0.717) is 61.6 Å². The van der Waals surface area contributed by atoms with Crippen LogP contribution < -0.4 is 21.3 Å². The summed E-state index contributed by atoms with van der Waals surface area (Å²) >= 11 is 0. The van der Waals surface area contributed by atoms with E-state index in [9.17, 15) is 32.8 Å². The van der Waals surface area contributed by atoms with Gasteiger partial charge in [-0.15, -0.1) is 0 Å². The molecule has 0 spiro atoms. The second-order valence-electron chi connectivity index (χ2n) is 18.1. The molecule has 5 aromatic rings. The van der Waals surface area contributed by atoms with E-state index in [4.69, 9.17) is 13.9 Å². The Morgan fingerprint density at radius 2 is 1.62 bits per heavy atom. The van der Waals surface area contributed by atoms with Gasteiger partial charge in [-0.05, 0) is 86.4 Å². The Morgan fingerprint density at radius 1 is 0.859 bits per heavy atom. The van der Waals surface area contributed by atoms with Crippen molar-refractivity contribution in [3.8, 4) is 17.1 Å². The zero-order chi connectivity index (χ0) is 49.3. The van der Waals surface area contributed by atoms with Crippen molar-refractivity contribution in [3.63, 3.8) is 0 Å². The van der Waals surface area contributed by atoms with E-state index in [2.05, 4.69) is 46.1 Å². The third-order valence-corrected chi connectivity index (χ3v) is 13.0. The zero-order valence-electron chi connectivity index (χ0n) is 39.2. The van der Waals surface area contributed by atoms with Crippen LogP contribution in [0.3, 0.4) is 0 Å². The summed E-state index contributed by atoms with van der Waals surface area (Å²) in [5, 5.41) is 15.3. The molecule has 5 amide bonds. The van der Waals surface area contributed by atoms with Crippen LogP contribution in [0.4, 0.5) is 26.0 Å². The first-order chi connectivity index (χ1) is 34.6. The Bertz CT molecular complexity index is 2700. The third-order valence-electron chi connectivity index (χ3n) is 13.0. The van der Waals surface area contributed by atoms with E-state index in [1.807, 2.05) is 24.3 Å². The molecule has 4 aliphatic rings. The molecule has 0 radical (unpaired) electrons. The van der Waals surface area contributed by atoms with Gasteiger partial charge in [-0.3, -0.25) is 44.0 Å². The molecular weight excluding hydrogens is 921 g/mol. The number of hydrogen-bond donors (Lipinski definition) is 4. The topological polar surface area (TPSA) is 218 Å². The first kappa shape index (κ1) is 49.1. The number of imide groups is 2. The second kappa shape index (κ2) is 22.9. The molecule has 1 aliphatic carbocycles. The van der Waals surface area contributed by atoms with E-state index in [1.165, 1.54) is 30.0 Å². The molecule has 1 unspecified atom stereocenters. The van der Waals surface area contributed by atoms with E-state index in [-0.39, 0.29) is 41.2 Å². The normalized spacial score (nSPS) is 17.5. The standard InChI is InChI=1S/C50H57F2N11O8/c51-45(52)44-38(56-46(65)39-31-71-48(57-39)34-15-16-54-41(28-34)55-29-33-7-8-33)30-62(59-44)35-11-9-32(10-12-35)4-1-2-24-69-26-22-60-18-20-61(21-19-60)23-27-70-25-17-53-37-6-3-5-36-43(37)50(68)63(49(36)67)40-13-14-42(64)58-47(40)66/h3,5-6,9-12,15-16,28,30-31,33,40,45,53H,1-2,4,7-8,13-14,17-27,29H2,(H,54,55)(H,56,65)(H,58,64,66). The number of rotatable bonds is 24. The summed E-state index contributed by atoms with van der Waals surface area (Å²) in [7, 11) is 0. The van der Waals surface area contributed by atoms with Gasteiger partial charge in [-0.2, -0.15) is 5.10 Å². The summed E-state index contributed by atoms with van der Waals surface area (Å²) in [6.45, 7) is 8.92. The summed E-state index contributed by atoms with van der Waals surface area (Å²) < 4.78 is 46.9. The molecule has 4 N–H and O–H groups in total. The highest BCUT2D eigenvalue weighted by Crippen LogP contribution is 2.33. The molecule has 1 saturated carbocycles. The number of piperidine rings is 1. The van der Waals surface area contributed by atoms with Crippen LogP contribution in [0.2, 0.25) is 0 Å². The zero-order valence-corrected chi connectivity index (χ0v) is 39.2. The van der Waals surface area contributed by atoms with Gasteiger partial charge in [0.15, 0.2) is 11.4 Å². The number of aromatic nitrogens is 4. The van der Waals surface area contributed by atoms with Crippen LogP contribution in [0, 0.1) is 5.92 Å². The Balaban J connectivity index is 0.623. The number of nitrogens with zero attached hydrogens (tertiary/aromatic N) is 7. The third kappa shape index (κ3) is 12.3. The lowest BCUT2D eigenvalue weighted by molar-refractivity contribution is -0.136. The van der Waals surface area contributed by atoms with Crippen LogP contribution in [-0.2, 0) is 25.5 Å². The second-order valence-corrected chi connectivity index (χ2v) is 18.1. The lowest BCUT2D eigenvalue weighted by Gasteiger charge is -2.34. The maximum atomic E-state index is 14.1. The lowest BCUT2D eigenvalue weighted by atomic mass is 10.0. The number of pyridine rings is 1. The summed E-state index contributed by atoms with van der Waals surface area (Å²) in [6, 6.07) is 15.0. The largest absolute Gasteiger partial charge is 0.444 e. The van der Waals surface area contributed by atoms with Crippen LogP contribution in [0.15, 0.2) is 77.7 Å². The number of piperazine rings is 1. The Labute approximate surface area is 408 Å². The molecule has 71 heavy (non-hydrogen) atoms. The molecule has 374 valence electrons. The number of anilines is 3. The molecule has 9 rings (SSSR count). The molecule has 2 saturated heterocycles. The number of nitrogens with one attached hydrogen (secondary N) is 4. The highest BCUT2D eigenvalue weighted by atomic mass is 19.3. The minimum atomic E-state index is -2.93. The van der Waals surface area contributed by atoms with Crippen molar-refractivity contribution in [3.05, 3.63) is 101 Å². The van der Waals surface area contributed by atoms with Crippen molar-refractivity contribution >= 4 is 46.7 Å². The van der Waals surface area contributed by atoms with Crippen molar-refractivity contribution in [2.24, 2.45) is 5.92 Å². The maximum absolute atomic E-state index is 14.1. The summed E-state index contributed by atoms with van der Waals surface area (Å²) in [6.07, 6.45) is 6.48. The average molecular weight is 978 g/mol. The number of aryl methyl sites for hydroxylation is 1. The van der Waals surface area contributed by atoms with Gasteiger partial charge in [-0.1, -0.05) is 18.2 Å². The number of fused-ring (bicyclic) bond motifs is 1. The maximum Gasteiger partial charge on any atom is 0.284 e. The van der Waals surface area contributed by atoms with Crippen molar-refractivity contribution in [1.29, 1.82) is 0 Å². The fourth-order valence-electron chi connectivity index (χ4n) is 8.80. The molecule has 6 heterocycles. The van der Waals surface area contributed by atoms with Crippen LogP contribution in [0.1, 0.15) is 87.4 Å². The van der Waals surface area contributed by atoms with Crippen molar-refractivity contribution in [1.82, 2.24) is 39.8 Å². The van der Waals surface area contributed by atoms with Gasteiger partial charge in [0.2, 0.25) is 17.7 Å². The molecule has 2 aromatic carbocycles. The molecule has 3 aromatic heterocycles. The first-order valence-electron chi connectivity index (χ1n) is 24.2. The molecule has 21 heteroatoms. The number of benzene rings is 2. The van der Waals surface area contributed by atoms with Gasteiger partial charge < -0.3 is 29.8 Å². The van der Waals surface area contributed by atoms with Gasteiger partial charge in [0.25, 0.3) is 24.1 Å². The summed E-state index contributed by atoms with van der Waals surface area (Å²) in [5.41, 5.74) is 2.50. The SMILES string of the molecule is O=C1CCC(N2C(=O)c3cccc(NCCOCCN4CCN(CCOCCCCc5ccc(-n6cc(NC(=O)c7coc(-c8ccnc(NCC9CC9)c8)n7)c(C(F)F)n6)cc5)CC4)c3C2=O)C(=O)N1. The molecular formula is C50H57F2N11O8. The van der Waals surface area contributed by atoms with Crippen LogP contribution in [0.25, 0.3) is 17.1 Å². The monoisotopic (exact) mass is 977 g/mol. The highest BCUT2D eigenvalue weighted by Gasteiger charge is 2.45. The predicted molar refractivity (Wildman–Crippen MR) is 256 cm³/mol. The molecule has 0 bridgehead atoms. The van der Waals surface area contributed by atoms with Gasteiger partial charge in [0.05, 0.1) is 48.5 Å². The van der Waals surface area contributed by atoms with Crippen LogP contribution >= 0.6 is 0 Å². The fourth-order valence-corrected chi connectivity index (χ4v) is 8.80. The van der Waals surface area contributed by atoms with Crippen molar-refractivity contribution < 1.29 is 46.6 Å². The average Bonchev–Trinajstić information content (AvgIpc) is 3.78. The van der Waals surface area contributed by atoms with Crippen molar-refractivity contribution in [2.45, 2.75) is 57.4 Å². The molecule has 19 nitrogen and oxygen atoms in total. The van der Waals surface area contributed by atoms with E-state index >= 15 is 0 Å². The van der Waals surface area contributed by atoms with E-state index < -0.39 is 47.7 Å². The Morgan fingerprint density at radius 3 is 2.35 bits per heavy atom. The summed E-state index contributed by atoms with van der Waals surface area (Å²) in [5.74, 6) is -1.31. The number of oxazole rings is 1. The number of ether oxygens (including phenoxy) is 2. The first-order valence-corrected chi connectivity index (χ1v) is 24.2. The number of amides is 5. The summed E-state index contributed by atoms with van der Waals surface area (Å²) in [4.78, 5) is 77.9. The minimum absolute atomic E-state index is 0.0633. The van der Waals surface area contributed by atoms with Gasteiger partial charge in [0, 0.05) is 82.8 Å². The lowest BCUT2D eigenvalue weighted by Crippen LogP contribution is -2.54. The van der Waals surface area contributed by atoms with Crippen LogP contribution in [-0.4, -0.2) is 149 Å². The van der Waals surface area contributed by atoms with Gasteiger partial charge in [0.1, 0.15) is 18.1 Å². The highest BCUT2D eigenvalue weighted by molar-refractivity contribution is 6.25. The molecule has 1 atom stereocenters. The predicted octanol–water partition coefficient (Wildman–Crippen LogP) is 5.42. The molecule has 3 fully saturated rings. The quantitative estimate of drug-likeness (QED) is 0.0448. The number of unbranched alkanes of at least 4 members (excludes halogenated alkanes) is 1. The van der Waals surface area contributed by atoms with Gasteiger partial charge in [-0.25, -0.2) is 23.4 Å². The smallest absolute Gasteiger partial charge is 0.284 e. The number of carbonyl (C=O) groups is 5. The minimum Gasteiger partial charge on any atom is -0.444 e. The Hall–Kier alpha value is -6.94. The number of alkyl halides is 2. The van der Waals surface area contributed by atoms with Crippen molar-refractivity contribution in [2.75, 3.05) is 94.7 Å². The number of halogens is 2. The van der Waals surface area contributed by atoms with E-state index in [0.717, 1.165) is 75.5 Å². The van der Waals surface area contributed by atoms with Crippen LogP contribution in [0.5, 0.6) is 0 Å². The van der Waals surface area contributed by atoms with E-state index in [1.54, 1.807) is 36.5 Å². The fraction of sp³-hybridized carbons (Fsp3) is 0.440. The van der Waals surface area contributed by atoms with Gasteiger partial charge >= 0.3 is 0 Å². The molecule has 3 aliphatic heterocycles.